The maximum absolute atomic E-state index is 12.6. The van der Waals surface area contributed by atoms with Crippen LogP contribution in [0, 0.1) is 0 Å². The molecule has 1 saturated carbocycles. The molecule has 1 amide bonds. The zero-order valence-corrected chi connectivity index (χ0v) is 19.0. The number of rotatable bonds is 6. The Balaban J connectivity index is 1.38. The lowest BCUT2D eigenvalue weighted by atomic mass is 9.85. The number of carbonyl (C=O) groups excluding carboxylic acids is 1. The van der Waals surface area contributed by atoms with E-state index in [0.717, 1.165) is 66.0 Å². The second-order valence-corrected chi connectivity index (χ2v) is 9.29. The number of phenolic OH excluding ortho intramolecular Hbond substituents is 1. The summed E-state index contributed by atoms with van der Waals surface area (Å²) in [7, 11) is 0. The van der Waals surface area contributed by atoms with Crippen LogP contribution in [-0.2, 0) is 30.6 Å². The summed E-state index contributed by atoms with van der Waals surface area (Å²) in [5.41, 5.74) is 7.32. The van der Waals surface area contributed by atoms with Gasteiger partial charge in [-0.05, 0) is 61.4 Å². The van der Waals surface area contributed by atoms with Crippen LogP contribution in [0.2, 0.25) is 0 Å². The molecule has 0 spiro atoms. The van der Waals surface area contributed by atoms with E-state index in [0.29, 0.717) is 24.6 Å². The van der Waals surface area contributed by atoms with E-state index in [1.165, 1.54) is 24.8 Å². The minimum Gasteiger partial charge on any atom is -0.508 e. The second kappa shape index (κ2) is 9.74. The van der Waals surface area contributed by atoms with Gasteiger partial charge in [-0.2, -0.15) is 0 Å². The molecule has 33 heavy (non-hydrogen) atoms. The number of phenols is 1. The molecule has 1 fully saturated rings. The molecule has 5 heteroatoms. The first kappa shape index (κ1) is 21.6. The van der Waals surface area contributed by atoms with Gasteiger partial charge in [0.2, 0.25) is 5.91 Å². The fraction of sp³-hybridized carbons (Fsp3) is 0.393. The van der Waals surface area contributed by atoms with Crippen LogP contribution >= 0.6 is 0 Å². The van der Waals surface area contributed by atoms with E-state index in [1.807, 2.05) is 30.3 Å². The van der Waals surface area contributed by atoms with E-state index >= 15 is 0 Å². The normalized spacial score (nSPS) is 15.5. The van der Waals surface area contributed by atoms with Crippen LogP contribution in [0.1, 0.15) is 72.7 Å². The van der Waals surface area contributed by atoms with Crippen molar-refractivity contribution in [3.63, 3.8) is 0 Å². The van der Waals surface area contributed by atoms with Crippen molar-refractivity contribution in [1.29, 1.82) is 0 Å². The smallest absolute Gasteiger partial charge is 0.220 e. The topological polar surface area (TPSA) is 75.1 Å². The van der Waals surface area contributed by atoms with Crippen LogP contribution in [0.4, 0.5) is 0 Å². The SMILES string of the molecule is O=C(CCc1ccccc1)NCc1nc2c(nc1C1CCCCC1)-c1ccc(O)cc1CC2. The number of hydrogen-bond donors (Lipinski definition) is 2. The fourth-order valence-electron chi connectivity index (χ4n) is 5.19. The summed E-state index contributed by atoms with van der Waals surface area (Å²) in [6.45, 7) is 0.433. The predicted octanol–water partition coefficient (Wildman–Crippen LogP) is 5.24. The lowest BCUT2D eigenvalue weighted by Gasteiger charge is -2.26. The van der Waals surface area contributed by atoms with Crippen molar-refractivity contribution in [3.05, 3.63) is 76.7 Å². The second-order valence-electron chi connectivity index (χ2n) is 9.29. The summed E-state index contributed by atoms with van der Waals surface area (Å²) in [5.74, 6) is 0.747. The molecule has 2 aliphatic carbocycles. The van der Waals surface area contributed by atoms with Crippen molar-refractivity contribution in [2.24, 2.45) is 0 Å². The Kier molecular flexibility index (Phi) is 6.38. The fourth-order valence-corrected chi connectivity index (χ4v) is 5.19. The minimum atomic E-state index is 0.0498. The summed E-state index contributed by atoms with van der Waals surface area (Å²) in [6.07, 6.45) is 8.83. The van der Waals surface area contributed by atoms with Crippen molar-refractivity contribution >= 4 is 5.91 Å². The first-order valence-corrected chi connectivity index (χ1v) is 12.2. The number of aromatic hydroxyl groups is 1. The van der Waals surface area contributed by atoms with Crippen LogP contribution in [0.15, 0.2) is 48.5 Å². The Labute approximate surface area is 195 Å². The minimum absolute atomic E-state index is 0.0498. The van der Waals surface area contributed by atoms with Crippen LogP contribution < -0.4 is 5.32 Å². The van der Waals surface area contributed by atoms with Crippen LogP contribution in [-0.4, -0.2) is 21.0 Å². The molecule has 0 unspecified atom stereocenters. The molecule has 3 aromatic rings. The number of hydrogen-bond acceptors (Lipinski definition) is 4. The first-order valence-electron chi connectivity index (χ1n) is 12.2. The number of amides is 1. The highest BCUT2D eigenvalue weighted by Gasteiger charge is 2.26. The van der Waals surface area contributed by atoms with Crippen LogP contribution in [0.5, 0.6) is 5.75 Å². The Hall–Kier alpha value is -3.21. The van der Waals surface area contributed by atoms with E-state index < -0.39 is 0 Å². The molecule has 1 heterocycles. The zero-order chi connectivity index (χ0) is 22.6. The molecule has 0 radical (unpaired) electrons. The zero-order valence-electron chi connectivity index (χ0n) is 19.0. The van der Waals surface area contributed by atoms with Gasteiger partial charge in [0.15, 0.2) is 0 Å². The molecule has 0 bridgehead atoms. The number of fused-ring (bicyclic) bond motifs is 3. The molecule has 5 rings (SSSR count). The molecule has 0 atom stereocenters. The Morgan fingerprint density at radius 1 is 1.00 bits per heavy atom. The van der Waals surface area contributed by atoms with Gasteiger partial charge in [0.25, 0.3) is 0 Å². The van der Waals surface area contributed by atoms with Crippen molar-refractivity contribution in [1.82, 2.24) is 15.3 Å². The molecule has 1 aromatic heterocycles. The maximum atomic E-state index is 12.6. The third kappa shape index (κ3) is 4.92. The number of benzene rings is 2. The quantitative estimate of drug-likeness (QED) is 0.548. The monoisotopic (exact) mass is 441 g/mol. The molecule has 2 aromatic carbocycles. The summed E-state index contributed by atoms with van der Waals surface area (Å²) >= 11 is 0. The lowest BCUT2D eigenvalue weighted by molar-refractivity contribution is -0.121. The standard InChI is InChI=1S/C28H31N3O2/c32-22-13-14-23-21(17-22)12-15-24-28(23)31-27(20-9-5-2-6-10-20)25(30-24)18-29-26(33)16-11-19-7-3-1-4-8-19/h1,3-4,7-8,13-14,17,20,32H,2,5-6,9-12,15-16,18H2,(H,29,33). The number of nitrogens with zero attached hydrogens (tertiary/aromatic N) is 2. The predicted molar refractivity (Wildman–Crippen MR) is 129 cm³/mol. The molecular formula is C28H31N3O2. The third-order valence-electron chi connectivity index (χ3n) is 6.97. The average molecular weight is 442 g/mol. The van der Waals surface area contributed by atoms with E-state index in [-0.39, 0.29) is 5.91 Å². The Bertz CT molecular complexity index is 1140. The van der Waals surface area contributed by atoms with Crippen molar-refractivity contribution in [2.75, 3.05) is 0 Å². The molecule has 0 saturated heterocycles. The molecule has 0 aliphatic heterocycles. The van der Waals surface area contributed by atoms with Gasteiger partial charge < -0.3 is 10.4 Å². The molecule has 5 nitrogen and oxygen atoms in total. The van der Waals surface area contributed by atoms with Gasteiger partial charge in [-0.15, -0.1) is 0 Å². The highest BCUT2D eigenvalue weighted by atomic mass is 16.3. The summed E-state index contributed by atoms with van der Waals surface area (Å²) in [6, 6.07) is 15.7. The summed E-state index contributed by atoms with van der Waals surface area (Å²) in [5, 5.41) is 13.0. The molecular weight excluding hydrogens is 410 g/mol. The summed E-state index contributed by atoms with van der Waals surface area (Å²) < 4.78 is 0. The van der Waals surface area contributed by atoms with Gasteiger partial charge >= 0.3 is 0 Å². The highest BCUT2D eigenvalue weighted by molar-refractivity contribution is 5.76. The van der Waals surface area contributed by atoms with Crippen molar-refractivity contribution in [2.45, 2.75) is 70.3 Å². The first-order chi connectivity index (χ1) is 16.2. The van der Waals surface area contributed by atoms with Gasteiger partial charge in [0.1, 0.15) is 5.75 Å². The van der Waals surface area contributed by atoms with Crippen molar-refractivity contribution < 1.29 is 9.90 Å². The van der Waals surface area contributed by atoms with E-state index in [4.69, 9.17) is 9.97 Å². The number of carbonyl (C=O) groups is 1. The average Bonchev–Trinajstić information content (AvgIpc) is 2.86. The third-order valence-corrected chi connectivity index (χ3v) is 6.97. The van der Waals surface area contributed by atoms with E-state index in [9.17, 15) is 9.90 Å². The number of nitrogens with one attached hydrogen (secondary N) is 1. The van der Waals surface area contributed by atoms with E-state index in [2.05, 4.69) is 17.4 Å². The number of aryl methyl sites for hydroxylation is 3. The lowest BCUT2D eigenvalue weighted by Crippen LogP contribution is -2.26. The Morgan fingerprint density at radius 3 is 2.64 bits per heavy atom. The van der Waals surface area contributed by atoms with Gasteiger partial charge in [-0.3, -0.25) is 9.78 Å². The maximum Gasteiger partial charge on any atom is 0.220 e. The van der Waals surface area contributed by atoms with E-state index in [1.54, 1.807) is 6.07 Å². The highest BCUT2D eigenvalue weighted by Crippen LogP contribution is 2.38. The van der Waals surface area contributed by atoms with Crippen molar-refractivity contribution in [3.8, 4) is 17.0 Å². The molecule has 170 valence electrons. The largest absolute Gasteiger partial charge is 0.508 e. The summed E-state index contributed by atoms with van der Waals surface area (Å²) in [4.78, 5) is 22.8. The van der Waals surface area contributed by atoms with Crippen LogP contribution in [0.25, 0.3) is 11.3 Å². The molecule has 2 N–H and O–H groups in total. The van der Waals surface area contributed by atoms with Gasteiger partial charge in [0.05, 0.1) is 29.3 Å². The Morgan fingerprint density at radius 2 is 1.82 bits per heavy atom. The number of aromatic nitrogens is 2. The van der Waals surface area contributed by atoms with Gasteiger partial charge in [-0.1, -0.05) is 49.6 Å². The van der Waals surface area contributed by atoms with Gasteiger partial charge in [-0.25, -0.2) is 4.98 Å². The van der Waals surface area contributed by atoms with Gasteiger partial charge in [0, 0.05) is 17.9 Å². The molecule has 2 aliphatic rings. The van der Waals surface area contributed by atoms with Crippen LogP contribution in [0.3, 0.4) is 0 Å².